The zero-order valence-electron chi connectivity index (χ0n) is 43.3. The Morgan fingerprint density at radius 2 is 1.66 bits per heavy atom. The van der Waals surface area contributed by atoms with Crippen LogP contribution in [-0.4, -0.2) is 63.4 Å². The van der Waals surface area contributed by atoms with Crippen LogP contribution >= 0.6 is 11.6 Å². The number of carbonyl (C=O) groups excluding carboxylic acids is 4. The van der Waals surface area contributed by atoms with Crippen molar-refractivity contribution in [3.05, 3.63) is 111 Å². The van der Waals surface area contributed by atoms with Crippen LogP contribution in [0.5, 0.6) is 0 Å². The molecule has 3 fully saturated rings. The lowest BCUT2D eigenvalue weighted by atomic mass is 9.47. The van der Waals surface area contributed by atoms with Crippen molar-refractivity contribution in [2.24, 2.45) is 52.3 Å². The Morgan fingerprint density at radius 3 is 2.37 bits per heavy atom. The monoisotopic (exact) mass is 979 g/mol. The highest BCUT2D eigenvalue weighted by molar-refractivity contribution is 6.31. The van der Waals surface area contributed by atoms with Crippen LogP contribution in [0.1, 0.15) is 143 Å². The van der Waals surface area contributed by atoms with Crippen molar-refractivity contribution in [3.63, 3.8) is 0 Å². The number of nitrogens with one attached hydrogen (secondary N) is 2. The molecule has 2 unspecified atom stereocenters. The van der Waals surface area contributed by atoms with E-state index in [-0.39, 0.29) is 49.0 Å². The zero-order valence-corrected chi connectivity index (χ0v) is 44.1. The number of methoxy groups -OCH3 is 1. The maximum absolute atomic E-state index is 14.3. The maximum Gasteiger partial charge on any atom is 0.336 e. The van der Waals surface area contributed by atoms with E-state index in [2.05, 4.69) is 51.3 Å². The molecule has 0 radical (unpaired) electrons. The lowest BCUT2D eigenvalue weighted by Crippen LogP contribution is -2.51. The number of fused-ring (bicyclic) bond motifs is 5. The highest BCUT2D eigenvalue weighted by atomic mass is 35.5. The predicted octanol–water partition coefficient (Wildman–Crippen LogP) is 12.1. The summed E-state index contributed by atoms with van der Waals surface area (Å²) in [6.45, 7) is 17.9. The summed E-state index contributed by atoms with van der Waals surface area (Å²) in [5, 5.41) is 6.47. The Bertz CT molecular complexity index is 2350. The molecule has 70 heavy (non-hydrogen) atoms. The van der Waals surface area contributed by atoms with Crippen molar-refractivity contribution >= 4 is 41.0 Å². The molecule has 2 N–H and O–H groups in total. The van der Waals surface area contributed by atoms with Gasteiger partial charge in [-0.3, -0.25) is 9.59 Å². The first-order valence-electron chi connectivity index (χ1n) is 26.2. The first kappa shape index (κ1) is 53.1. The number of ether oxygens (including phenoxy) is 4. The van der Waals surface area contributed by atoms with E-state index >= 15 is 0 Å². The predicted molar refractivity (Wildman–Crippen MR) is 276 cm³/mol. The van der Waals surface area contributed by atoms with Crippen molar-refractivity contribution in [2.45, 2.75) is 138 Å². The molecule has 11 heteroatoms. The van der Waals surface area contributed by atoms with Gasteiger partial charge < -0.3 is 29.6 Å². The van der Waals surface area contributed by atoms with E-state index in [9.17, 15) is 19.2 Å². The van der Waals surface area contributed by atoms with Crippen LogP contribution < -0.4 is 10.6 Å². The van der Waals surface area contributed by atoms with Crippen LogP contribution in [0.15, 0.2) is 94.9 Å². The fourth-order valence-corrected chi connectivity index (χ4v) is 13.9. The molecular weight excluding hydrogens is 900 g/mol. The van der Waals surface area contributed by atoms with Gasteiger partial charge in [0.15, 0.2) is 5.92 Å². The van der Waals surface area contributed by atoms with Crippen LogP contribution in [0.4, 0.5) is 0 Å². The molecule has 380 valence electrons. The number of hydrogen-bond donors (Lipinski definition) is 2. The van der Waals surface area contributed by atoms with E-state index in [4.69, 9.17) is 30.5 Å². The van der Waals surface area contributed by atoms with Gasteiger partial charge in [0, 0.05) is 23.7 Å². The molecule has 3 saturated carbocycles. The van der Waals surface area contributed by atoms with Gasteiger partial charge in [0.25, 0.3) is 0 Å². The third kappa shape index (κ3) is 11.3. The molecule has 10 nitrogen and oxygen atoms in total. The van der Waals surface area contributed by atoms with Gasteiger partial charge in [0.1, 0.15) is 6.10 Å². The van der Waals surface area contributed by atoms with Gasteiger partial charge in [0.05, 0.1) is 49.7 Å². The molecule has 0 aromatic heterocycles. The minimum atomic E-state index is -1.18. The third-order valence-corrected chi connectivity index (χ3v) is 17.6. The molecule has 4 aliphatic carbocycles. The van der Waals surface area contributed by atoms with Crippen molar-refractivity contribution in [1.29, 1.82) is 0 Å². The Morgan fingerprint density at radius 1 is 0.914 bits per heavy atom. The molecule has 5 aliphatic rings. The summed E-state index contributed by atoms with van der Waals surface area (Å²) in [5.41, 5.74) is 5.45. The van der Waals surface area contributed by atoms with Crippen LogP contribution in [0.25, 0.3) is 5.57 Å². The summed E-state index contributed by atoms with van der Waals surface area (Å²) in [6.07, 6.45) is 16.8. The van der Waals surface area contributed by atoms with Crippen molar-refractivity contribution < 1.29 is 38.1 Å². The molecule has 1 aliphatic heterocycles. The lowest BCUT2D eigenvalue weighted by Gasteiger charge is -2.58. The number of amides is 1. The van der Waals surface area contributed by atoms with Gasteiger partial charge in [-0.1, -0.05) is 132 Å². The second kappa shape index (κ2) is 23.3. The normalized spacial score (nSPS) is 28.4. The first-order chi connectivity index (χ1) is 33.5. The van der Waals surface area contributed by atoms with E-state index < -0.39 is 35.7 Å². The van der Waals surface area contributed by atoms with Crippen LogP contribution in [0.3, 0.4) is 0 Å². The van der Waals surface area contributed by atoms with Crippen LogP contribution in [-0.2, 0) is 38.1 Å². The first-order valence-corrected chi connectivity index (χ1v) is 26.6. The Balaban J connectivity index is 1.01. The van der Waals surface area contributed by atoms with Crippen molar-refractivity contribution in [2.75, 3.05) is 33.5 Å². The average molecular weight is 980 g/mol. The fourth-order valence-electron chi connectivity index (χ4n) is 13.7. The summed E-state index contributed by atoms with van der Waals surface area (Å²) in [4.78, 5) is 55.3. The fraction of sp³-hybridized carbons (Fsp3) is 0.593. The molecule has 0 spiro atoms. The maximum atomic E-state index is 14.3. The highest BCUT2D eigenvalue weighted by Crippen LogP contribution is 2.67. The number of allylic oxidation sites excluding steroid dienone is 3. The summed E-state index contributed by atoms with van der Waals surface area (Å²) >= 11 is 6.68. The van der Waals surface area contributed by atoms with E-state index in [0.717, 1.165) is 54.1 Å². The molecule has 10 atom stereocenters. The Kier molecular flexibility index (Phi) is 17.7. The standard InChI is InChI=1S/C59H79ClN2O8/c1-10-69-57(66)53-50(62-39(6)51(56(65)67-9)52(53)44-21-14-15-22-49(44)60)35-68-32-31-61-54(63)45(33-38(5)40-19-12-11-13-20-40)55(64)70-42-27-29-58(7)41(34-42)23-24-43-47-26-25-46(37(4)18-16-17-36(2)3)59(47,8)30-28-48(43)58/h11-15,19-23,33,36-37,42-43,45-48,52,62H,10,16-18,24-32,34-35H2,1-9H3,(H,61,63)/b38-33+/t37-,42+,43+,45?,46-,47+,48+,52?,58+,59-/m1/s1. The topological polar surface area (TPSA) is 129 Å². The van der Waals surface area contributed by atoms with E-state index in [1.165, 1.54) is 57.6 Å². The Labute approximate surface area is 422 Å². The van der Waals surface area contributed by atoms with Gasteiger partial charge in [-0.05, 0) is 135 Å². The average Bonchev–Trinajstić information content (AvgIpc) is 3.70. The largest absolute Gasteiger partial charge is 0.466 e. The summed E-state index contributed by atoms with van der Waals surface area (Å²) in [6, 6.07) is 16.7. The van der Waals surface area contributed by atoms with Gasteiger partial charge >= 0.3 is 17.9 Å². The van der Waals surface area contributed by atoms with E-state index in [1.807, 2.05) is 37.3 Å². The third-order valence-electron chi connectivity index (χ3n) is 17.3. The summed E-state index contributed by atoms with van der Waals surface area (Å²) in [5.74, 6) is 0.137. The molecular formula is C59H79ClN2O8. The molecule has 1 amide bonds. The van der Waals surface area contributed by atoms with Gasteiger partial charge in [0.2, 0.25) is 5.91 Å². The number of esters is 3. The SMILES string of the molecule is CCOC(=O)C1=C(COCCNC(=O)C(/C=C(\C)c2ccccc2)C(=O)O[C@H]2CC[C@@]3(C)C(=CC[C@H]4[C@@H]5CC[C@H]([C@H](C)CCCC(C)C)[C@@]5(C)CC[C@@H]43)C2)NC(C)=C(C(=O)OC)C1c1ccccc1Cl. The number of hydrogen-bond acceptors (Lipinski definition) is 9. The molecule has 0 bridgehead atoms. The highest BCUT2D eigenvalue weighted by Gasteiger charge is 2.59. The molecule has 7 rings (SSSR count). The number of carbonyl (C=O) groups is 4. The van der Waals surface area contributed by atoms with Crippen molar-refractivity contribution in [3.8, 4) is 0 Å². The van der Waals surface area contributed by atoms with Crippen LogP contribution in [0, 0.1) is 52.3 Å². The van der Waals surface area contributed by atoms with Crippen LogP contribution in [0.2, 0.25) is 5.02 Å². The van der Waals surface area contributed by atoms with E-state index in [1.54, 1.807) is 44.2 Å². The second-order valence-corrected chi connectivity index (χ2v) is 22.3. The van der Waals surface area contributed by atoms with Gasteiger partial charge in [-0.25, -0.2) is 9.59 Å². The molecule has 1 heterocycles. The number of dihydropyridines is 1. The minimum absolute atomic E-state index is 0.0507. The second-order valence-electron chi connectivity index (χ2n) is 21.9. The smallest absolute Gasteiger partial charge is 0.336 e. The number of halogens is 1. The Hall–Kier alpha value is -4.67. The minimum Gasteiger partial charge on any atom is -0.466 e. The summed E-state index contributed by atoms with van der Waals surface area (Å²) in [7, 11) is 1.28. The molecule has 2 aromatic carbocycles. The summed E-state index contributed by atoms with van der Waals surface area (Å²) < 4.78 is 23.1. The van der Waals surface area contributed by atoms with Crippen molar-refractivity contribution in [1.82, 2.24) is 10.6 Å². The quantitative estimate of drug-likeness (QED) is 0.0465. The zero-order chi connectivity index (χ0) is 50.3. The lowest BCUT2D eigenvalue weighted by molar-refractivity contribution is -0.157. The number of rotatable bonds is 19. The molecule has 2 aromatic rings. The number of benzene rings is 2. The van der Waals surface area contributed by atoms with E-state index in [0.29, 0.717) is 45.7 Å². The van der Waals surface area contributed by atoms with Gasteiger partial charge in [-0.15, -0.1) is 0 Å². The van der Waals surface area contributed by atoms with Gasteiger partial charge in [-0.2, -0.15) is 0 Å². The molecule has 0 saturated heterocycles.